The molecule has 0 aliphatic carbocycles. The molecule has 3 nitrogen and oxygen atoms in total. The zero-order valence-corrected chi connectivity index (χ0v) is 12.4. The summed E-state index contributed by atoms with van der Waals surface area (Å²) in [7, 11) is -3.63. The van der Waals surface area contributed by atoms with Crippen LogP contribution in [0.25, 0.3) is 0 Å². The second kappa shape index (κ2) is 6.00. The van der Waals surface area contributed by atoms with E-state index >= 15 is 0 Å². The topological polar surface area (TPSA) is 37.4 Å². The van der Waals surface area contributed by atoms with Crippen molar-refractivity contribution < 1.29 is 21.6 Å². The number of benzene rings is 2. The van der Waals surface area contributed by atoms with Crippen LogP contribution in [0.1, 0.15) is 11.1 Å². The molecule has 7 heteroatoms. The highest BCUT2D eigenvalue weighted by Crippen LogP contribution is 2.30. The fourth-order valence-electron chi connectivity index (χ4n) is 1.96. The maximum Gasteiger partial charge on any atom is 0.416 e. The molecule has 1 radical (unpaired) electrons. The van der Waals surface area contributed by atoms with Gasteiger partial charge in [0, 0.05) is 0 Å². The van der Waals surface area contributed by atoms with Crippen molar-refractivity contribution >= 4 is 15.7 Å². The minimum Gasteiger partial charge on any atom is -0.266 e. The van der Waals surface area contributed by atoms with Crippen LogP contribution in [0.2, 0.25) is 0 Å². The second-order valence-corrected chi connectivity index (χ2v) is 6.63. The van der Waals surface area contributed by atoms with Crippen molar-refractivity contribution in [2.24, 2.45) is 0 Å². The van der Waals surface area contributed by atoms with Gasteiger partial charge in [0.1, 0.15) is 0 Å². The molecule has 2 aromatic carbocycles. The number of hydrogen-bond donors (Lipinski definition) is 0. The fourth-order valence-corrected chi connectivity index (χ4v) is 2.84. The predicted octanol–water partition coefficient (Wildman–Crippen LogP) is 3.47. The minimum absolute atomic E-state index is 0.174. The van der Waals surface area contributed by atoms with Gasteiger partial charge in [-0.05, 0) is 35.9 Å². The Morgan fingerprint density at radius 1 is 1.14 bits per heavy atom. The molecule has 0 fully saturated rings. The Bertz CT molecular complexity index is 743. The van der Waals surface area contributed by atoms with Gasteiger partial charge in [-0.1, -0.05) is 24.3 Å². The summed E-state index contributed by atoms with van der Waals surface area (Å²) in [6.45, 7) is -0.174. The van der Waals surface area contributed by atoms with Gasteiger partial charge in [-0.15, -0.1) is 0 Å². The molecule has 117 valence electrons. The Hall–Kier alpha value is -2.02. The Labute approximate surface area is 127 Å². The van der Waals surface area contributed by atoms with Crippen LogP contribution in [0.15, 0.2) is 48.5 Å². The van der Waals surface area contributed by atoms with Gasteiger partial charge in [0.2, 0.25) is 10.0 Å². The molecular weight excluding hydrogens is 315 g/mol. The molecule has 0 unspecified atom stereocenters. The van der Waals surface area contributed by atoms with Gasteiger partial charge < -0.3 is 0 Å². The number of nitrogens with zero attached hydrogens (tertiary/aromatic N) is 1. The molecule has 0 saturated carbocycles. The summed E-state index contributed by atoms with van der Waals surface area (Å²) >= 11 is 0. The molecule has 2 aromatic rings. The molecule has 0 bridgehead atoms. The third-order valence-corrected chi connectivity index (χ3v) is 4.11. The summed E-state index contributed by atoms with van der Waals surface area (Å²) in [5.74, 6) is 0. The van der Waals surface area contributed by atoms with E-state index in [0.717, 1.165) is 22.7 Å². The van der Waals surface area contributed by atoms with Gasteiger partial charge in [0.05, 0.1) is 24.1 Å². The second-order valence-electron chi connectivity index (χ2n) is 4.73. The number of rotatable bonds is 4. The van der Waals surface area contributed by atoms with Crippen molar-refractivity contribution in [3.63, 3.8) is 0 Å². The maximum absolute atomic E-state index is 12.7. The monoisotopic (exact) mass is 328 g/mol. The number of alkyl halides is 3. The van der Waals surface area contributed by atoms with E-state index in [2.05, 4.69) is 6.07 Å². The molecule has 22 heavy (non-hydrogen) atoms. The highest BCUT2D eigenvalue weighted by molar-refractivity contribution is 7.92. The lowest BCUT2D eigenvalue weighted by molar-refractivity contribution is -0.137. The van der Waals surface area contributed by atoms with E-state index in [1.165, 1.54) is 24.3 Å². The normalized spacial score (nSPS) is 12.2. The van der Waals surface area contributed by atoms with E-state index in [0.29, 0.717) is 5.69 Å². The van der Waals surface area contributed by atoms with Gasteiger partial charge >= 0.3 is 6.18 Å². The molecular formula is C15H13F3NO2S. The van der Waals surface area contributed by atoms with E-state index in [1.54, 1.807) is 12.1 Å². The standard InChI is InChI=1S/C15H13F3NO2S/c1-22(20,21)19(14-8-3-2-4-9-14)11-12-6-5-7-13(10-12)15(16,17)18/h3-10H,11H2,1H3. The zero-order valence-electron chi connectivity index (χ0n) is 11.6. The summed E-state index contributed by atoms with van der Waals surface area (Å²) in [5, 5.41) is 0. The van der Waals surface area contributed by atoms with Crippen molar-refractivity contribution in [3.05, 3.63) is 65.7 Å². The number of sulfonamides is 1. The zero-order chi connectivity index (χ0) is 16.4. The van der Waals surface area contributed by atoms with Crippen LogP contribution in [-0.2, 0) is 22.7 Å². The van der Waals surface area contributed by atoms with Crippen LogP contribution < -0.4 is 4.31 Å². The Balaban J connectivity index is 2.37. The van der Waals surface area contributed by atoms with E-state index in [-0.39, 0.29) is 12.1 Å². The van der Waals surface area contributed by atoms with Crippen LogP contribution >= 0.6 is 0 Å². The highest BCUT2D eigenvalue weighted by atomic mass is 32.2. The summed E-state index contributed by atoms with van der Waals surface area (Å²) in [6.07, 6.45) is -3.45. The smallest absolute Gasteiger partial charge is 0.266 e. The van der Waals surface area contributed by atoms with Gasteiger partial charge in [0.25, 0.3) is 0 Å². The van der Waals surface area contributed by atoms with Crippen molar-refractivity contribution in [1.29, 1.82) is 0 Å². The molecule has 0 N–H and O–H groups in total. The quantitative estimate of drug-likeness (QED) is 0.862. The predicted molar refractivity (Wildman–Crippen MR) is 77.7 cm³/mol. The first kappa shape index (κ1) is 16.4. The summed E-state index contributed by atoms with van der Waals surface area (Å²) in [6, 6.07) is 13.5. The van der Waals surface area contributed by atoms with E-state index < -0.39 is 21.8 Å². The first-order valence-electron chi connectivity index (χ1n) is 6.28. The lowest BCUT2D eigenvalue weighted by Crippen LogP contribution is -2.29. The summed E-state index contributed by atoms with van der Waals surface area (Å²) < 4.78 is 63.1. The average molecular weight is 328 g/mol. The fraction of sp³-hybridized carbons (Fsp3) is 0.200. The number of hydrogen-bond acceptors (Lipinski definition) is 2. The maximum atomic E-state index is 12.7. The molecule has 2 rings (SSSR count). The van der Waals surface area contributed by atoms with Crippen molar-refractivity contribution in [2.75, 3.05) is 10.6 Å². The van der Waals surface area contributed by atoms with Gasteiger partial charge in [-0.3, -0.25) is 4.31 Å². The number of halogens is 3. The van der Waals surface area contributed by atoms with Crippen molar-refractivity contribution in [2.45, 2.75) is 12.7 Å². The Kier molecular flexibility index (Phi) is 4.46. The largest absolute Gasteiger partial charge is 0.416 e. The Morgan fingerprint density at radius 3 is 2.32 bits per heavy atom. The van der Waals surface area contributed by atoms with Crippen LogP contribution in [0.3, 0.4) is 0 Å². The molecule has 0 aliphatic rings. The Morgan fingerprint density at radius 2 is 1.77 bits per heavy atom. The first-order chi connectivity index (χ1) is 10.2. The van der Waals surface area contributed by atoms with Crippen LogP contribution in [0.5, 0.6) is 0 Å². The van der Waals surface area contributed by atoms with Gasteiger partial charge in [0.15, 0.2) is 0 Å². The van der Waals surface area contributed by atoms with Crippen molar-refractivity contribution in [3.8, 4) is 0 Å². The lowest BCUT2D eigenvalue weighted by Gasteiger charge is -2.22. The summed E-state index contributed by atoms with van der Waals surface area (Å²) in [4.78, 5) is 0. The first-order valence-corrected chi connectivity index (χ1v) is 8.13. The van der Waals surface area contributed by atoms with Crippen LogP contribution in [-0.4, -0.2) is 14.7 Å². The van der Waals surface area contributed by atoms with Gasteiger partial charge in [-0.25, -0.2) is 8.42 Å². The van der Waals surface area contributed by atoms with E-state index in [1.807, 2.05) is 0 Å². The van der Waals surface area contributed by atoms with Crippen molar-refractivity contribution in [1.82, 2.24) is 0 Å². The summed E-state index contributed by atoms with van der Waals surface area (Å²) in [5.41, 5.74) is -0.174. The van der Waals surface area contributed by atoms with E-state index in [9.17, 15) is 21.6 Å². The van der Waals surface area contributed by atoms with Crippen LogP contribution in [0, 0.1) is 6.07 Å². The molecule has 0 amide bonds. The molecule has 0 atom stereocenters. The van der Waals surface area contributed by atoms with Gasteiger partial charge in [-0.2, -0.15) is 13.2 Å². The van der Waals surface area contributed by atoms with Crippen LogP contribution in [0.4, 0.5) is 18.9 Å². The SMILES string of the molecule is CS(=O)(=O)N(Cc1cccc(C(F)(F)F)c1)c1cc[c]cc1. The lowest BCUT2D eigenvalue weighted by atomic mass is 10.1. The third-order valence-electron chi connectivity index (χ3n) is 2.97. The van der Waals surface area contributed by atoms with E-state index in [4.69, 9.17) is 0 Å². The molecule has 0 spiro atoms. The minimum atomic E-state index is -4.46. The molecule has 0 heterocycles. The third kappa shape index (κ3) is 4.00. The highest BCUT2D eigenvalue weighted by Gasteiger charge is 2.30. The number of anilines is 1. The molecule has 0 aliphatic heterocycles. The molecule has 0 saturated heterocycles. The average Bonchev–Trinajstić information content (AvgIpc) is 2.44. The molecule has 0 aromatic heterocycles.